The van der Waals surface area contributed by atoms with Crippen molar-refractivity contribution in [2.45, 2.75) is 25.7 Å². The van der Waals surface area contributed by atoms with E-state index >= 15 is 0 Å². The van der Waals surface area contributed by atoms with Gasteiger partial charge < -0.3 is 9.64 Å². The molecule has 2 aromatic carbocycles. The van der Waals surface area contributed by atoms with E-state index in [1.54, 1.807) is 0 Å². The zero-order valence-electron chi connectivity index (χ0n) is 15.1. The monoisotopic (exact) mass is 378 g/mol. The Labute approximate surface area is 163 Å². The van der Waals surface area contributed by atoms with E-state index in [1.807, 2.05) is 60.7 Å². The maximum absolute atomic E-state index is 12.4. The number of carbonyl (C=O) groups excluding carboxylic acids is 1. The first-order chi connectivity index (χ1) is 13.3. The van der Waals surface area contributed by atoms with Crippen molar-refractivity contribution < 1.29 is 9.53 Å². The molecular weight excluding hydrogens is 356 g/mol. The van der Waals surface area contributed by atoms with Crippen molar-refractivity contribution in [1.82, 2.24) is 4.90 Å². The van der Waals surface area contributed by atoms with Gasteiger partial charge in [-0.1, -0.05) is 43.2 Å². The maximum atomic E-state index is 12.4. The smallest absolute Gasteiger partial charge is 0.286 e. The van der Waals surface area contributed by atoms with Crippen molar-refractivity contribution in [3.63, 3.8) is 0 Å². The highest BCUT2D eigenvalue weighted by molar-refractivity contribution is 8.18. The fourth-order valence-corrected chi connectivity index (χ4v) is 4.20. The molecule has 2 heterocycles. The molecule has 5 heteroatoms. The first-order valence-electron chi connectivity index (χ1n) is 9.38. The number of benzene rings is 2. The first kappa shape index (κ1) is 17.9. The number of aliphatic imine (C=N–C) groups is 1. The number of hydrogen-bond donors (Lipinski definition) is 0. The van der Waals surface area contributed by atoms with Gasteiger partial charge in [0.15, 0.2) is 5.17 Å². The third-order valence-corrected chi connectivity index (χ3v) is 5.67. The van der Waals surface area contributed by atoms with E-state index in [0.29, 0.717) is 4.91 Å². The number of amides is 1. The minimum absolute atomic E-state index is 0.145. The predicted octanol–water partition coefficient (Wildman–Crippen LogP) is 5.33. The lowest BCUT2D eigenvalue weighted by molar-refractivity contribution is -0.113. The standard InChI is InChI=1S/C22H22N2O2S/c25-21-20(27-22(23-21)24-13-6-1-2-7-14-24)16-17-9-8-12-19(15-17)26-18-10-4-3-5-11-18/h3-5,8-12,15-16H,1-2,6-7,13-14H2/b20-16-. The van der Waals surface area contributed by atoms with Gasteiger partial charge in [-0.25, -0.2) is 0 Å². The summed E-state index contributed by atoms with van der Waals surface area (Å²) < 4.78 is 5.88. The lowest BCUT2D eigenvalue weighted by Gasteiger charge is -2.20. The second kappa shape index (κ2) is 8.44. The van der Waals surface area contributed by atoms with Crippen LogP contribution in [0.2, 0.25) is 0 Å². The van der Waals surface area contributed by atoms with Crippen molar-refractivity contribution in [3.05, 3.63) is 65.1 Å². The summed E-state index contributed by atoms with van der Waals surface area (Å²) in [6.45, 7) is 1.99. The van der Waals surface area contributed by atoms with Gasteiger partial charge in [0, 0.05) is 13.1 Å². The van der Waals surface area contributed by atoms with E-state index in [2.05, 4.69) is 9.89 Å². The van der Waals surface area contributed by atoms with E-state index in [-0.39, 0.29) is 5.91 Å². The Bertz CT molecular complexity index is 869. The molecule has 0 aromatic heterocycles. The molecule has 1 saturated heterocycles. The van der Waals surface area contributed by atoms with Crippen LogP contribution in [0.25, 0.3) is 6.08 Å². The Kier molecular flexibility index (Phi) is 5.58. The molecule has 4 nitrogen and oxygen atoms in total. The van der Waals surface area contributed by atoms with E-state index in [9.17, 15) is 4.79 Å². The van der Waals surface area contributed by atoms with Gasteiger partial charge in [-0.05, 0) is 60.5 Å². The van der Waals surface area contributed by atoms with Crippen molar-refractivity contribution in [2.75, 3.05) is 13.1 Å². The Morgan fingerprint density at radius 3 is 2.44 bits per heavy atom. The highest BCUT2D eigenvalue weighted by Gasteiger charge is 2.26. The van der Waals surface area contributed by atoms with Crippen LogP contribution in [0.3, 0.4) is 0 Å². The van der Waals surface area contributed by atoms with Gasteiger partial charge in [0.25, 0.3) is 5.91 Å². The molecular formula is C22H22N2O2S. The number of carbonyl (C=O) groups is 1. The number of ether oxygens (including phenoxy) is 1. The van der Waals surface area contributed by atoms with Crippen LogP contribution in [0.1, 0.15) is 31.2 Å². The van der Waals surface area contributed by atoms with Crippen molar-refractivity contribution >= 4 is 28.9 Å². The highest BCUT2D eigenvalue weighted by atomic mass is 32.2. The molecule has 138 valence electrons. The minimum atomic E-state index is -0.145. The fraction of sp³-hybridized carbons (Fsp3) is 0.273. The molecule has 2 aliphatic heterocycles. The van der Waals surface area contributed by atoms with Gasteiger partial charge in [-0.15, -0.1) is 0 Å². The molecule has 0 aliphatic carbocycles. The van der Waals surface area contributed by atoms with Gasteiger partial charge in [-0.3, -0.25) is 4.79 Å². The molecule has 1 amide bonds. The Morgan fingerprint density at radius 2 is 1.67 bits per heavy atom. The van der Waals surface area contributed by atoms with Crippen LogP contribution in [-0.2, 0) is 4.79 Å². The number of thioether (sulfide) groups is 1. The number of amidine groups is 1. The molecule has 1 fully saturated rings. The van der Waals surface area contributed by atoms with E-state index in [1.165, 1.54) is 37.4 Å². The van der Waals surface area contributed by atoms with Crippen molar-refractivity contribution in [3.8, 4) is 11.5 Å². The van der Waals surface area contributed by atoms with Crippen LogP contribution in [0.15, 0.2) is 64.5 Å². The molecule has 0 spiro atoms. The number of rotatable bonds is 3. The summed E-state index contributed by atoms with van der Waals surface area (Å²) in [7, 11) is 0. The largest absolute Gasteiger partial charge is 0.457 e. The topological polar surface area (TPSA) is 41.9 Å². The van der Waals surface area contributed by atoms with Crippen molar-refractivity contribution in [1.29, 1.82) is 0 Å². The molecule has 2 aromatic rings. The summed E-state index contributed by atoms with van der Waals surface area (Å²) in [5.74, 6) is 1.40. The quantitative estimate of drug-likeness (QED) is 0.678. The van der Waals surface area contributed by atoms with Crippen LogP contribution in [0.4, 0.5) is 0 Å². The van der Waals surface area contributed by atoms with Crippen LogP contribution in [-0.4, -0.2) is 29.1 Å². The fourth-order valence-electron chi connectivity index (χ4n) is 3.24. The number of nitrogens with zero attached hydrogens (tertiary/aromatic N) is 2. The highest BCUT2D eigenvalue weighted by Crippen LogP contribution is 2.32. The van der Waals surface area contributed by atoms with Crippen LogP contribution >= 0.6 is 11.8 Å². The lowest BCUT2D eigenvalue weighted by Crippen LogP contribution is -2.28. The zero-order chi connectivity index (χ0) is 18.5. The van der Waals surface area contributed by atoms with Gasteiger partial charge >= 0.3 is 0 Å². The second-order valence-electron chi connectivity index (χ2n) is 6.70. The average Bonchev–Trinajstić information content (AvgIpc) is 2.88. The van der Waals surface area contributed by atoms with E-state index < -0.39 is 0 Å². The number of para-hydroxylation sites is 1. The molecule has 0 atom stereocenters. The van der Waals surface area contributed by atoms with E-state index in [4.69, 9.17) is 4.74 Å². The summed E-state index contributed by atoms with van der Waals surface area (Å²) in [6, 6.07) is 17.4. The van der Waals surface area contributed by atoms with Gasteiger partial charge in [0.05, 0.1) is 4.91 Å². The van der Waals surface area contributed by atoms with Gasteiger partial charge in [-0.2, -0.15) is 4.99 Å². The third-order valence-electron chi connectivity index (χ3n) is 4.62. The SMILES string of the molecule is O=C1N=C(N2CCCCCC2)S/C1=C\c1cccc(Oc2ccccc2)c1. The van der Waals surface area contributed by atoms with Crippen LogP contribution in [0, 0.1) is 0 Å². The van der Waals surface area contributed by atoms with Crippen LogP contribution < -0.4 is 4.74 Å². The molecule has 2 aliphatic rings. The molecule has 27 heavy (non-hydrogen) atoms. The lowest BCUT2D eigenvalue weighted by atomic mass is 10.2. The zero-order valence-corrected chi connectivity index (χ0v) is 16.0. The molecule has 0 saturated carbocycles. The van der Waals surface area contributed by atoms with Gasteiger partial charge in [0.2, 0.25) is 0 Å². The molecule has 0 unspecified atom stereocenters. The Balaban J connectivity index is 1.47. The van der Waals surface area contributed by atoms with Gasteiger partial charge in [0.1, 0.15) is 11.5 Å². The minimum Gasteiger partial charge on any atom is -0.457 e. The Morgan fingerprint density at radius 1 is 0.926 bits per heavy atom. The summed E-state index contributed by atoms with van der Waals surface area (Å²) in [5, 5.41) is 0.852. The van der Waals surface area contributed by atoms with Crippen molar-refractivity contribution in [2.24, 2.45) is 4.99 Å². The first-order valence-corrected chi connectivity index (χ1v) is 10.2. The molecule has 0 bridgehead atoms. The normalized spacial score (nSPS) is 19.1. The average molecular weight is 378 g/mol. The second-order valence-corrected chi connectivity index (χ2v) is 7.71. The molecule has 4 rings (SSSR count). The third kappa shape index (κ3) is 4.61. The number of likely N-dealkylation sites (tertiary alicyclic amines) is 1. The summed E-state index contributed by atoms with van der Waals surface area (Å²) >= 11 is 1.49. The molecule has 0 radical (unpaired) electrons. The number of hydrogen-bond acceptors (Lipinski definition) is 4. The molecule has 0 N–H and O–H groups in total. The summed E-state index contributed by atoms with van der Waals surface area (Å²) in [5.41, 5.74) is 0.937. The maximum Gasteiger partial charge on any atom is 0.286 e. The van der Waals surface area contributed by atoms with Crippen LogP contribution in [0.5, 0.6) is 11.5 Å². The summed E-state index contributed by atoms with van der Waals surface area (Å²) in [4.78, 5) is 19.6. The summed E-state index contributed by atoms with van der Waals surface area (Å²) in [6.07, 6.45) is 6.77. The Hall–Kier alpha value is -2.53. The van der Waals surface area contributed by atoms with E-state index in [0.717, 1.165) is 35.3 Å². The predicted molar refractivity (Wildman–Crippen MR) is 111 cm³/mol.